The molecule has 1 saturated heterocycles. The molecule has 0 atom stereocenters. The standard InChI is InChI=1S/C9H20N4O/c10-9(11)12-3-1-2-4-13-5-7-14-8-6-13/h1-8H2,(H4,10,11,12). The van der Waals surface area contributed by atoms with Gasteiger partial charge in [0.2, 0.25) is 0 Å². The van der Waals surface area contributed by atoms with E-state index in [1.54, 1.807) is 0 Å². The van der Waals surface area contributed by atoms with Crippen molar-refractivity contribution in [3.05, 3.63) is 0 Å². The maximum atomic E-state index is 5.26. The summed E-state index contributed by atoms with van der Waals surface area (Å²) in [6, 6.07) is 0. The topological polar surface area (TPSA) is 76.9 Å². The van der Waals surface area contributed by atoms with E-state index in [0.717, 1.165) is 52.2 Å². The van der Waals surface area contributed by atoms with Gasteiger partial charge in [-0.1, -0.05) is 0 Å². The molecule has 0 spiro atoms. The van der Waals surface area contributed by atoms with Gasteiger partial charge in [-0.3, -0.25) is 9.89 Å². The number of nitrogens with two attached hydrogens (primary N) is 2. The third kappa shape index (κ3) is 5.04. The molecule has 5 heteroatoms. The molecule has 0 unspecified atom stereocenters. The molecule has 0 aromatic heterocycles. The van der Waals surface area contributed by atoms with Crippen LogP contribution in [0.4, 0.5) is 0 Å². The second-order valence-corrected chi connectivity index (χ2v) is 3.47. The zero-order chi connectivity index (χ0) is 10.2. The molecule has 0 aromatic rings. The summed E-state index contributed by atoms with van der Waals surface area (Å²) in [6.45, 7) is 5.72. The van der Waals surface area contributed by atoms with Gasteiger partial charge >= 0.3 is 0 Å². The van der Waals surface area contributed by atoms with Crippen LogP contribution in [-0.2, 0) is 4.74 Å². The first-order chi connectivity index (χ1) is 6.79. The molecule has 0 bridgehead atoms. The highest BCUT2D eigenvalue weighted by atomic mass is 16.5. The van der Waals surface area contributed by atoms with E-state index in [1.165, 1.54) is 0 Å². The minimum atomic E-state index is 0.191. The Kier molecular flexibility index (Phi) is 5.32. The lowest BCUT2D eigenvalue weighted by Crippen LogP contribution is -2.36. The molecular weight excluding hydrogens is 180 g/mol. The van der Waals surface area contributed by atoms with Crippen molar-refractivity contribution in [1.82, 2.24) is 4.90 Å². The lowest BCUT2D eigenvalue weighted by Gasteiger charge is -2.26. The number of ether oxygens (including phenoxy) is 1. The summed E-state index contributed by atoms with van der Waals surface area (Å²) in [5, 5.41) is 0. The Morgan fingerprint density at radius 2 is 1.93 bits per heavy atom. The molecule has 1 heterocycles. The summed E-state index contributed by atoms with van der Waals surface area (Å²) in [5.41, 5.74) is 10.4. The van der Waals surface area contributed by atoms with Gasteiger partial charge in [-0.15, -0.1) is 0 Å². The Labute approximate surface area is 85.1 Å². The van der Waals surface area contributed by atoms with Crippen LogP contribution in [0.5, 0.6) is 0 Å². The fourth-order valence-corrected chi connectivity index (χ4v) is 1.48. The fraction of sp³-hybridized carbons (Fsp3) is 0.889. The van der Waals surface area contributed by atoms with Crippen molar-refractivity contribution in [3.63, 3.8) is 0 Å². The van der Waals surface area contributed by atoms with E-state index in [4.69, 9.17) is 16.2 Å². The van der Waals surface area contributed by atoms with Crippen molar-refractivity contribution in [2.45, 2.75) is 12.8 Å². The van der Waals surface area contributed by atoms with Crippen molar-refractivity contribution < 1.29 is 4.74 Å². The van der Waals surface area contributed by atoms with Gasteiger partial charge in [0, 0.05) is 19.6 Å². The highest BCUT2D eigenvalue weighted by Gasteiger charge is 2.08. The average molecular weight is 200 g/mol. The number of unbranched alkanes of at least 4 members (excludes halogenated alkanes) is 1. The monoisotopic (exact) mass is 200 g/mol. The van der Waals surface area contributed by atoms with Crippen molar-refractivity contribution in [1.29, 1.82) is 0 Å². The Balaban J connectivity index is 1.95. The van der Waals surface area contributed by atoms with E-state index in [2.05, 4.69) is 9.89 Å². The number of nitrogens with zero attached hydrogens (tertiary/aromatic N) is 2. The SMILES string of the molecule is NC(N)=NCCCCN1CCOCC1. The summed E-state index contributed by atoms with van der Waals surface area (Å²) >= 11 is 0. The van der Waals surface area contributed by atoms with E-state index in [1.807, 2.05) is 0 Å². The predicted molar refractivity (Wildman–Crippen MR) is 57.2 cm³/mol. The van der Waals surface area contributed by atoms with E-state index >= 15 is 0 Å². The van der Waals surface area contributed by atoms with Crippen LogP contribution in [0, 0.1) is 0 Å². The Morgan fingerprint density at radius 3 is 2.57 bits per heavy atom. The van der Waals surface area contributed by atoms with Gasteiger partial charge in [-0.2, -0.15) is 0 Å². The zero-order valence-electron chi connectivity index (χ0n) is 8.61. The molecule has 0 radical (unpaired) electrons. The van der Waals surface area contributed by atoms with Gasteiger partial charge in [0.25, 0.3) is 0 Å². The third-order valence-electron chi connectivity index (χ3n) is 2.28. The van der Waals surface area contributed by atoms with Crippen LogP contribution in [0.1, 0.15) is 12.8 Å². The fourth-order valence-electron chi connectivity index (χ4n) is 1.48. The first-order valence-electron chi connectivity index (χ1n) is 5.14. The van der Waals surface area contributed by atoms with Gasteiger partial charge in [0.15, 0.2) is 5.96 Å². The summed E-state index contributed by atoms with van der Waals surface area (Å²) in [6.07, 6.45) is 2.20. The Morgan fingerprint density at radius 1 is 1.21 bits per heavy atom. The van der Waals surface area contributed by atoms with Crippen LogP contribution in [0.2, 0.25) is 0 Å². The van der Waals surface area contributed by atoms with Gasteiger partial charge < -0.3 is 16.2 Å². The first kappa shape index (κ1) is 11.3. The zero-order valence-corrected chi connectivity index (χ0v) is 8.61. The summed E-state index contributed by atoms with van der Waals surface area (Å²) < 4.78 is 5.26. The number of aliphatic imine (C=N–C) groups is 1. The number of hydrogen-bond acceptors (Lipinski definition) is 3. The first-order valence-corrected chi connectivity index (χ1v) is 5.14. The minimum absolute atomic E-state index is 0.191. The highest BCUT2D eigenvalue weighted by Crippen LogP contribution is 1.99. The molecule has 1 fully saturated rings. The number of hydrogen-bond donors (Lipinski definition) is 2. The molecule has 5 nitrogen and oxygen atoms in total. The molecule has 0 aliphatic carbocycles. The summed E-state index contributed by atoms with van der Waals surface area (Å²) in [5.74, 6) is 0.191. The number of morpholine rings is 1. The van der Waals surface area contributed by atoms with Crippen LogP contribution in [-0.4, -0.2) is 50.3 Å². The highest BCUT2D eigenvalue weighted by molar-refractivity contribution is 5.75. The van der Waals surface area contributed by atoms with Crippen LogP contribution in [0.3, 0.4) is 0 Å². The quantitative estimate of drug-likeness (QED) is 0.352. The Bertz CT molecular complexity index is 174. The van der Waals surface area contributed by atoms with Crippen molar-refractivity contribution in [3.8, 4) is 0 Å². The third-order valence-corrected chi connectivity index (χ3v) is 2.28. The van der Waals surface area contributed by atoms with Crippen LogP contribution in [0.15, 0.2) is 4.99 Å². The van der Waals surface area contributed by atoms with Gasteiger partial charge in [0.1, 0.15) is 0 Å². The molecule has 0 aromatic carbocycles. The normalized spacial score (nSPS) is 18.0. The van der Waals surface area contributed by atoms with Gasteiger partial charge in [-0.05, 0) is 19.4 Å². The van der Waals surface area contributed by atoms with E-state index in [9.17, 15) is 0 Å². The summed E-state index contributed by atoms with van der Waals surface area (Å²) in [7, 11) is 0. The molecule has 1 aliphatic heterocycles. The smallest absolute Gasteiger partial charge is 0.185 e. The van der Waals surface area contributed by atoms with E-state index in [0.29, 0.717) is 0 Å². The molecule has 0 saturated carbocycles. The second-order valence-electron chi connectivity index (χ2n) is 3.47. The second kappa shape index (κ2) is 6.62. The largest absolute Gasteiger partial charge is 0.379 e. The lowest BCUT2D eigenvalue weighted by molar-refractivity contribution is 0.0373. The average Bonchev–Trinajstić information content (AvgIpc) is 2.18. The van der Waals surface area contributed by atoms with E-state index < -0.39 is 0 Å². The van der Waals surface area contributed by atoms with Crippen molar-refractivity contribution >= 4 is 5.96 Å². The van der Waals surface area contributed by atoms with Crippen LogP contribution in [0.25, 0.3) is 0 Å². The van der Waals surface area contributed by atoms with Crippen LogP contribution >= 0.6 is 0 Å². The van der Waals surface area contributed by atoms with Crippen molar-refractivity contribution in [2.75, 3.05) is 39.4 Å². The lowest BCUT2D eigenvalue weighted by atomic mass is 10.3. The summed E-state index contributed by atoms with van der Waals surface area (Å²) in [4.78, 5) is 6.35. The van der Waals surface area contributed by atoms with Gasteiger partial charge in [0.05, 0.1) is 13.2 Å². The van der Waals surface area contributed by atoms with Crippen LogP contribution < -0.4 is 11.5 Å². The molecule has 0 amide bonds. The Hall–Kier alpha value is -0.810. The molecule has 1 aliphatic rings. The maximum absolute atomic E-state index is 5.26. The van der Waals surface area contributed by atoms with Gasteiger partial charge in [-0.25, -0.2) is 0 Å². The predicted octanol–water partition coefficient (Wildman–Crippen LogP) is -0.628. The number of guanidine groups is 1. The number of rotatable bonds is 5. The van der Waals surface area contributed by atoms with Crippen molar-refractivity contribution in [2.24, 2.45) is 16.5 Å². The molecule has 4 N–H and O–H groups in total. The van der Waals surface area contributed by atoms with E-state index in [-0.39, 0.29) is 5.96 Å². The maximum Gasteiger partial charge on any atom is 0.185 e. The molecule has 1 rings (SSSR count). The molecular formula is C9H20N4O. The molecule has 14 heavy (non-hydrogen) atoms. The molecule has 82 valence electrons. The minimum Gasteiger partial charge on any atom is -0.379 e.